The van der Waals surface area contributed by atoms with E-state index in [1.54, 1.807) is 23.5 Å². The van der Waals surface area contributed by atoms with E-state index in [1.165, 1.54) is 12.1 Å². The molecule has 2 nitrogen and oxygen atoms in total. The number of halogens is 4. The standard InChI is InChI=1S/C14H13BrF3NOS/c1-8-7-11(15)13(21-8)12(19-2)9-3-5-10(6-4-9)20-14(16,17)18/h3-7,12,19H,1-2H3. The second-order valence-corrected chi connectivity index (χ2v) is 6.55. The Bertz CT molecular complexity index is 610. The number of thiophene rings is 1. The maximum atomic E-state index is 12.1. The molecule has 114 valence electrons. The van der Waals surface area contributed by atoms with Gasteiger partial charge < -0.3 is 10.1 Å². The van der Waals surface area contributed by atoms with E-state index in [0.29, 0.717) is 0 Å². The van der Waals surface area contributed by atoms with Gasteiger partial charge in [0.1, 0.15) is 5.75 Å². The van der Waals surface area contributed by atoms with Gasteiger partial charge in [-0.3, -0.25) is 0 Å². The fraction of sp³-hybridized carbons (Fsp3) is 0.286. The summed E-state index contributed by atoms with van der Waals surface area (Å²) in [6.07, 6.45) is -4.67. The monoisotopic (exact) mass is 379 g/mol. The van der Waals surface area contributed by atoms with Crippen molar-refractivity contribution in [2.45, 2.75) is 19.3 Å². The lowest BCUT2D eigenvalue weighted by molar-refractivity contribution is -0.274. The molecular formula is C14H13BrF3NOS. The number of nitrogens with one attached hydrogen (secondary N) is 1. The Kier molecular flexibility index (Phi) is 4.95. The van der Waals surface area contributed by atoms with Crippen molar-refractivity contribution < 1.29 is 17.9 Å². The van der Waals surface area contributed by atoms with Crippen molar-refractivity contribution in [2.75, 3.05) is 7.05 Å². The second kappa shape index (κ2) is 6.37. The minimum atomic E-state index is -4.67. The van der Waals surface area contributed by atoms with Gasteiger partial charge in [-0.2, -0.15) is 0 Å². The Morgan fingerprint density at radius 2 is 1.86 bits per heavy atom. The minimum Gasteiger partial charge on any atom is -0.406 e. The molecular weight excluding hydrogens is 367 g/mol. The van der Waals surface area contributed by atoms with Gasteiger partial charge in [0, 0.05) is 14.2 Å². The molecule has 0 saturated heterocycles. The molecule has 1 aromatic carbocycles. The van der Waals surface area contributed by atoms with Crippen LogP contribution in [0.5, 0.6) is 5.75 Å². The third-order valence-corrected chi connectivity index (χ3v) is 4.87. The van der Waals surface area contributed by atoms with E-state index in [4.69, 9.17) is 0 Å². The van der Waals surface area contributed by atoms with Gasteiger partial charge in [0.2, 0.25) is 0 Å². The number of rotatable bonds is 4. The first-order chi connectivity index (χ1) is 9.80. The lowest BCUT2D eigenvalue weighted by atomic mass is 10.1. The molecule has 0 aliphatic carbocycles. The first-order valence-electron chi connectivity index (χ1n) is 6.09. The first-order valence-corrected chi connectivity index (χ1v) is 7.70. The topological polar surface area (TPSA) is 21.3 Å². The average Bonchev–Trinajstić information content (AvgIpc) is 2.70. The summed E-state index contributed by atoms with van der Waals surface area (Å²) in [7, 11) is 1.81. The summed E-state index contributed by atoms with van der Waals surface area (Å²) in [5.74, 6) is -0.220. The Balaban J connectivity index is 2.25. The van der Waals surface area contributed by atoms with Crippen molar-refractivity contribution in [3.63, 3.8) is 0 Å². The summed E-state index contributed by atoms with van der Waals surface area (Å²) in [6.45, 7) is 2.01. The van der Waals surface area contributed by atoms with Gasteiger partial charge in [0.05, 0.1) is 6.04 Å². The molecule has 1 N–H and O–H groups in total. The maximum Gasteiger partial charge on any atom is 0.573 e. The molecule has 1 unspecified atom stereocenters. The molecule has 1 aromatic heterocycles. The number of aryl methyl sites for hydroxylation is 1. The predicted octanol–water partition coefficient (Wildman–Crippen LogP) is 5.03. The summed E-state index contributed by atoms with van der Waals surface area (Å²) in [4.78, 5) is 2.24. The molecule has 7 heteroatoms. The van der Waals surface area contributed by atoms with Gasteiger partial charge in [-0.25, -0.2) is 0 Å². The molecule has 0 amide bonds. The van der Waals surface area contributed by atoms with E-state index in [0.717, 1.165) is 19.8 Å². The SMILES string of the molecule is CNC(c1ccc(OC(F)(F)F)cc1)c1sc(C)cc1Br. The van der Waals surface area contributed by atoms with Crippen LogP contribution in [0.1, 0.15) is 21.4 Å². The largest absolute Gasteiger partial charge is 0.573 e. The van der Waals surface area contributed by atoms with Crippen LogP contribution in [0.2, 0.25) is 0 Å². The molecule has 0 fully saturated rings. The molecule has 0 spiro atoms. The van der Waals surface area contributed by atoms with Crippen molar-refractivity contribution in [1.82, 2.24) is 5.32 Å². The molecule has 0 saturated carbocycles. The van der Waals surface area contributed by atoms with Gasteiger partial charge in [-0.1, -0.05) is 12.1 Å². The molecule has 21 heavy (non-hydrogen) atoms. The zero-order valence-corrected chi connectivity index (χ0v) is 13.7. The fourth-order valence-electron chi connectivity index (χ4n) is 2.01. The van der Waals surface area contributed by atoms with E-state index in [9.17, 15) is 13.2 Å². The summed E-state index contributed by atoms with van der Waals surface area (Å²) < 4.78 is 41.3. The van der Waals surface area contributed by atoms with Crippen LogP contribution in [-0.2, 0) is 0 Å². The quantitative estimate of drug-likeness (QED) is 0.804. The van der Waals surface area contributed by atoms with Crippen molar-refractivity contribution in [1.29, 1.82) is 0 Å². The van der Waals surface area contributed by atoms with E-state index in [1.807, 2.05) is 20.0 Å². The third-order valence-electron chi connectivity index (χ3n) is 2.83. The molecule has 0 bridgehead atoms. The maximum absolute atomic E-state index is 12.1. The highest BCUT2D eigenvalue weighted by molar-refractivity contribution is 9.10. The van der Waals surface area contributed by atoms with Crippen molar-refractivity contribution >= 4 is 27.3 Å². The van der Waals surface area contributed by atoms with Gasteiger partial charge in [-0.05, 0) is 53.7 Å². The van der Waals surface area contributed by atoms with Crippen LogP contribution >= 0.6 is 27.3 Å². The minimum absolute atomic E-state index is 0.0852. The fourth-order valence-corrected chi connectivity index (χ4v) is 4.03. The van der Waals surface area contributed by atoms with E-state index >= 15 is 0 Å². The van der Waals surface area contributed by atoms with Crippen LogP contribution in [0.3, 0.4) is 0 Å². The molecule has 2 aromatic rings. The Morgan fingerprint density at radius 1 is 1.24 bits per heavy atom. The lowest BCUT2D eigenvalue weighted by Gasteiger charge is -2.17. The number of benzene rings is 1. The number of hydrogen-bond acceptors (Lipinski definition) is 3. The molecule has 0 aliphatic rings. The van der Waals surface area contributed by atoms with E-state index in [2.05, 4.69) is 26.0 Å². The molecule has 0 radical (unpaired) electrons. The highest BCUT2D eigenvalue weighted by atomic mass is 79.9. The summed E-state index contributed by atoms with van der Waals surface area (Å²) in [5.41, 5.74) is 0.870. The zero-order chi connectivity index (χ0) is 15.6. The van der Waals surface area contributed by atoms with E-state index in [-0.39, 0.29) is 11.8 Å². The van der Waals surface area contributed by atoms with Crippen LogP contribution < -0.4 is 10.1 Å². The number of alkyl halides is 3. The van der Waals surface area contributed by atoms with Crippen LogP contribution in [0.4, 0.5) is 13.2 Å². The lowest BCUT2D eigenvalue weighted by Crippen LogP contribution is -2.18. The average molecular weight is 380 g/mol. The summed E-state index contributed by atoms with van der Waals surface area (Å²) >= 11 is 5.14. The van der Waals surface area contributed by atoms with Gasteiger partial charge >= 0.3 is 6.36 Å². The van der Waals surface area contributed by atoms with Crippen molar-refractivity contribution in [3.05, 3.63) is 50.1 Å². The summed E-state index contributed by atoms with van der Waals surface area (Å²) in [5, 5.41) is 3.17. The molecule has 1 heterocycles. The molecule has 0 aliphatic heterocycles. The van der Waals surface area contributed by atoms with Crippen LogP contribution in [0, 0.1) is 6.92 Å². The van der Waals surface area contributed by atoms with Gasteiger partial charge in [0.25, 0.3) is 0 Å². The van der Waals surface area contributed by atoms with Crippen molar-refractivity contribution in [3.8, 4) is 5.75 Å². The molecule has 2 rings (SSSR count). The second-order valence-electron chi connectivity index (χ2n) is 4.41. The predicted molar refractivity (Wildman–Crippen MR) is 80.8 cm³/mol. The third kappa shape index (κ3) is 4.21. The summed E-state index contributed by atoms with van der Waals surface area (Å²) in [6, 6.07) is 7.83. The Hall–Kier alpha value is -1.05. The van der Waals surface area contributed by atoms with Crippen LogP contribution in [0.15, 0.2) is 34.8 Å². The highest BCUT2D eigenvalue weighted by Gasteiger charge is 2.31. The first kappa shape index (κ1) is 16.3. The van der Waals surface area contributed by atoms with Crippen LogP contribution in [0.25, 0.3) is 0 Å². The Labute approximate surface area is 133 Å². The zero-order valence-electron chi connectivity index (χ0n) is 11.3. The van der Waals surface area contributed by atoms with Gasteiger partial charge in [-0.15, -0.1) is 24.5 Å². The van der Waals surface area contributed by atoms with E-state index < -0.39 is 6.36 Å². The molecule has 1 atom stereocenters. The number of hydrogen-bond donors (Lipinski definition) is 1. The number of ether oxygens (including phenoxy) is 1. The van der Waals surface area contributed by atoms with Gasteiger partial charge in [0.15, 0.2) is 0 Å². The Morgan fingerprint density at radius 3 is 2.29 bits per heavy atom. The normalized spacial score (nSPS) is 13.2. The smallest absolute Gasteiger partial charge is 0.406 e. The van der Waals surface area contributed by atoms with Crippen LogP contribution in [-0.4, -0.2) is 13.4 Å². The highest BCUT2D eigenvalue weighted by Crippen LogP contribution is 2.36. The van der Waals surface area contributed by atoms with Crippen molar-refractivity contribution in [2.24, 2.45) is 0 Å².